The number of phenolic OH excluding ortho intramolecular Hbond substituents is 1. The van der Waals surface area contributed by atoms with Crippen molar-refractivity contribution in [3.63, 3.8) is 0 Å². The molecular weight excluding hydrogens is 348 g/mol. The van der Waals surface area contributed by atoms with Crippen molar-refractivity contribution in [3.05, 3.63) is 72.8 Å². The molecule has 3 heteroatoms. The molecular formula is C25H22O3. The van der Waals surface area contributed by atoms with E-state index in [1.54, 1.807) is 6.07 Å². The van der Waals surface area contributed by atoms with E-state index in [0.717, 1.165) is 27.1 Å². The van der Waals surface area contributed by atoms with Crippen LogP contribution in [0.4, 0.5) is 0 Å². The highest BCUT2D eigenvalue weighted by molar-refractivity contribution is 6.10. The van der Waals surface area contributed by atoms with Crippen LogP contribution in [0.15, 0.2) is 72.8 Å². The molecule has 4 aromatic rings. The molecule has 0 aliphatic carbocycles. The quantitative estimate of drug-likeness (QED) is 0.338. The molecule has 0 spiro atoms. The van der Waals surface area contributed by atoms with E-state index in [1.807, 2.05) is 80.6 Å². The summed E-state index contributed by atoms with van der Waals surface area (Å²) in [5.74, 6) is 0.570. The zero-order valence-corrected chi connectivity index (χ0v) is 16.0. The monoisotopic (exact) mass is 370 g/mol. The van der Waals surface area contributed by atoms with Crippen molar-refractivity contribution in [1.29, 1.82) is 0 Å². The predicted molar refractivity (Wildman–Crippen MR) is 114 cm³/mol. The largest absolute Gasteiger partial charge is 0.507 e. The third-order valence-corrected chi connectivity index (χ3v) is 4.85. The number of fused-ring (bicyclic) bond motifs is 2. The van der Waals surface area contributed by atoms with Crippen molar-refractivity contribution >= 4 is 27.5 Å². The first-order valence-electron chi connectivity index (χ1n) is 9.48. The zero-order valence-electron chi connectivity index (χ0n) is 16.0. The molecule has 0 fully saturated rings. The van der Waals surface area contributed by atoms with Crippen LogP contribution in [0.2, 0.25) is 0 Å². The number of phenols is 1. The molecule has 0 heterocycles. The van der Waals surface area contributed by atoms with Gasteiger partial charge in [0.1, 0.15) is 11.5 Å². The van der Waals surface area contributed by atoms with Crippen LogP contribution in [0.1, 0.15) is 20.3 Å². The lowest BCUT2D eigenvalue weighted by molar-refractivity contribution is -0.135. The normalized spacial score (nSPS) is 11.2. The fraction of sp³-hybridized carbons (Fsp3) is 0.160. The van der Waals surface area contributed by atoms with Gasteiger partial charge in [0.2, 0.25) is 0 Å². The van der Waals surface area contributed by atoms with Crippen molar-refractivity contribution in [1.82, 2.24) is 0 Å². The highest BCUT2D eigenvalue weighted by atomic mass is 16.5. The molecule has 0 saturated carbocycles. The molecule has 0 aromatic heterocycles. The number of hydrogen-bond donors (Lipinski definition) is 1. The molecule has 0 saturated heterocycles. The molecule has 4 aromatic carbocycles. The number of ether oxygens (including phenoxy) is 1. The lowest BCUT2D eigenvalue weighted by Gasteiger charge is -2.17. The minimum atomic E-state index is -0.272. The van der Waals surface area contributed by atoms with Crippen molar-refractivity contribution in [2.24, 2.45) is 5.92 Å². The third kappa shape index (κ3) is 3.31. The van der Waals surface area contributed by atoms with Gasteiger partial charge in [0, 0.05) is 17.5 Å². The van der Waals surface area contributed by atoms with Gasteiger partial charge >= 0.3 is 5.97 Å². The smallest absolute Gasteiger partial charge is 0.311 e. The van der Waals surface area contributed by atoms with Crippen LogP contribution >= 0.6 is 0 Å². The molecule has 4 rings (SSSR count). The zero-order chi connectivity index (χ0) is 19.7. The Morgan fingerprint density at radius 1 is 0.821 bits per heavy atom. The van der Waals surface area contributed by atoms with Crippen LogP contribution in [-0.4, -0.2) is 11.1 Å². The molecule has 0 amide bonds. The number of benzene rings is 4. The average molecular weight is 370 g/mol. The van der Waals surface area contributed by atoms with E-state index >= 15 is 0 Å². The van der Waals surface area contributed by atoms with Crippen LogP contribution in [0.25, 0.3) is 32.7 Å². The summed E-state index contributed by atoms with van der Waals surface area (Å²) in [6.45, 7) is 3.97. The number of aromatic hydroxyl groups is 1. The Morgan fingerprint density at radius 3 is 2.04 bits per heavy atom. The Morgan fingerprint density at radius 2 is 1.39 bits per heavy atom. The molecule has 0 atom stereocenters. The van der Waals surface area contributed by atoms with E-state index in [2.05, 4.69) is 0 Å². The summed E-state index contributed by atoms with van der Waals surface area (Å²) in [6.07, 6.45) is 0.341. The highest BCUT2D eigenvalue weighted by Crippen LogP contribution is 2.45. The number of carbonyl (C=O) groups is 1. The molecule has 0 radical (unpaired) electrons. The first-order valence-corrected chi connectivity index (χ1v) is 9.48. The van der Waals surface area contributed by atoms with Crippen molar-refractivity contribution in [2.75, 3.05) is 0 Å². The molecule has 0 aliphatic rings. The van der Waals surface area contributed by atoms with Gasteiger partial charge in [-0.15, -0.1) is 0 Å². The second kappa shape index (κ2) is 7.35. The second-order valence-electron chi connectivity index (χ2n) is 7.41. The van der Waals surface area contributed by atoms with Crippen LogP contribution in [0.5, 0.6) is 11.5 Å². The van der Waals surface area contributed by atoms with Crippen molar-refractivity contribution < 1.29 is 14.6 Å². The van der Waals surface area contributed by atoms with E-state index in [-0.39, 0.29) is 17.6 Å². The van der Waals surface area contributed by atoms with E-state index in [9.17, 15) is 9.90 Å². The highest BCUT2D eigenvalue weighted by Gasteiger charge is 2.19. The number of esters is 1. The van der Waals surface area contributed by atoms with Gasteiger partial charge in [-0.3, -0.25) is 4.79 Å². The third-order valence-electron chi connectivity index (χ3n) is 4.85. The summed E-state index contributed by atoms with van der Waals surface area (Å²) in [5, 5.41) is 14.7. The standard InChI is InChI=1S/C25H22O3/c1-16(2)15-23(27)28-22-14-12-18-8-4-6-10-20(18)25(22)24-19-9-5-3-7-17(19)11-13-21(24)26/h3-14,16,26H,15H2,1-2H3. The van der Waals surface area contributed by atoms with Gasteiger partial charge in [0.05, 0.1) is 0 Å². The molecule has 28 heavy (non-hydrogen) atoms. The lowest BCUT2D eigenvalue weighted by Crippen LogP contribution is -2.11. The maximum Gasteiger partial charge on any atom is 0.311 e. The fourth-order valence-electron chi connectivity index (χ4n) is 3.61. The first-order chi connectivity index (χ1) is 13.5. The second-order valence-corrected chi connectivity index (χ2v) is 7.41. The summed E-state index contributed by atoms with van der Waals surface area (Å²) in [7, 11) is 0. The predicted octanol–water partition coefficient (Wildman–Crippen LogP) is 6.32. The van der Waals surface area contributed by atoms with Gasteiger partial charge in [-0.1, -0.05) is 74.5 Å². The number of hydrogen-bond acceptors (Lipinski definition) is 3. The van der Waals surface area contributed by atoms with Gasteiger partial charge in [0.15, 0.2) is 0 Å². The van der Waals surface area contributed by atoms with Gasteiger partial charge in [-0.25, -0.2) is 0 Å². The fourth-order valence-corrected chi connectivity index (χ4v) is 3.61. The Bertz CT molecular complexity index is 1170. The van der Waals surface area contributed by atoms with E-state index in [1.165, 1.54) is 0 Å². The molecule has 0 aliphatic heterocycles. The van der Waals surface area contributed by atoms with Crippen LogP contribution in [0.3, 0.4) is 0 Å². The lowest BCUT2D eigenvalue weighted by atomic mass is 9.92. The molecule has 3 nitrogen and oxygen atoms in total. The van der Waals surface area contributed by atoms with Crippen LogP contribution in [-0.2, 0) is 4.79 Å². The Hall–Kier alpha value is -3.33. The SMILES string of the molecule is CC(C)CC(=O)Oc1ccc2ccccc2c1-c1c(O)ccc2ccccc12. The first kappa shape index (κ1) is 18.1. The van der Waals surface area contributed by atoms with E-state index in [0.29, 0.717) is 17.7 Å². The summed E-state index contributed by atoms with van der Waals surface area (Å²) in [4.78, 5) is 12.4. The van der Waals surface area contributed by atoms with Crippen LogP contribution < -0.4 is 4.74 Å². The summed E-state index contributed by atoms with van der Waals surface area (Å²) in [5.41, 5.74) is 1.42. The minimum absolute atomic E-state index is 0.163. The topological polar surface area (TPSA) is 46.5 Å². The van der Waals surface area contributed by atoms with Crippen molar-refractivity contribution in [2.45, 2.75) is 20.3 Å². The molecule has 140 valence electrons. The Balaban J connectivity index is 2.01. The average Bonchev–Trinajstić information content (AvgIpc) is 2.68. The van der Waals surface area contributed by atoms with Crippen LogP contribution in [0, 0.1) is 5.92 Å². The van der Waals surface area contributed by atoms with Crippen molar-refractivity contribution in [3.8, 4) is 22.6 Å². The maximum absolute atomic E-state index is 12.4. The molecule has 0 bridgehead atoms. The van der Waals surface area contributed by atoms with E-state index in [4.69, 9.17) is 4.74 Å². The number of rotatable bonds is 4. The summed E-state index contributed by atoms with van der Waals surface area (Å²) < 4.78 is 5.77. The van der Waals surface area contributed by atoms with Gasteiger partial charge in [0.25, 0.3) is 0 Å². The van der Waals surface area contributed by atoms with E-state index < -0.39 is 0 Å². The molecule has 1 N–H and O–H groups in total. The Kier molecular flexibility index (Phi) is 4.74. The summed E-state index contributed by atoms with van der Waals surface area (Å²) in [6, 6.07) is 23.2. The summed E-state index contributed by atoms with van der Waals surface area (Å²) >= 11 is 0. The van der Waals surface area contributed by atoms with Gasteiger partial charge in [-0.05, 0) is 39.6 Å². The number of carbonyl (C=O) groups excluding carboxylic acids is 1. The Labute approximate surface area is 164 Å². The minimum Gasteiger partial charge on any atom is -0.507 e. The van der Waals surface area contributed by atoms with Gasteiger partial charge in [-0.2, -0.15) is 0 Å². The van der Waals surface area contributed by atoms with Gasteiger partial charge < -0.3 is 9.84 Å². The molecule has 0 unspecified atom stereocenters. The maximum atomic E-state index is 12.4.